The van der Waals surface area contributed by atoms with Crippen LogP contribution in [-0.4, -0.2) is 72.6 Å². The van der Waals surface area contributed by atoms with Gasteiger partial charge in [-0.15, -0.1) is 0 Å². The number of rotatable bonds is 7. The molecule has 0 amide bonds. The molecule has 0 aromatic rings. The van der Waals surface area contributed by atoms with Crippen molar-refractivity contribution in [3.05, 3.63) is 0 Å². The van der Waals surface area contributed by atoms with Gasteiger partial charge in [0.2, 0.25) is 0 Å². The minimum atomic E-state index is -5.71. The Hall–Kier alpha value is -1.41. The average Bonchev–Trinajstić information content (AvgIpc) is 3.27. The Morgan fingerprint density at radius 3 is 2.08 bits per heavy atom. The number of carbonyl (C=O) groups is 2. The van der Waals surface area contributed by atoms with Crippen molar-refractivity contribution in [2.24, 2.45) is 40.4 Å². The summed E-state index contributed by atoms with van der Waals surface area (Å²) in [5, 5.41) is 6.41. The van der Waals surface area contributed by atoms with Crippen LogP contribution in [0.15, 0.2) is 0 Å². The molecule has 1 saturated heterocycles. The van der Waals surface area contributed by atoms with Gasteiger partial charge in [0.05, 0.1) is 23.0 Å². The molecular weight excluding hydrogens is 554 g/mol. The summed E-state index contributed by atoms with van der Waals surface area (Å²) in [7, 11) is -5.71. The maximum atomic E-state index is 13.7. The average molecular weight is 591 g/mol. The number of aliphatic hydroxyl groups is 1. The van der Waals surface area contributed by atoms with E-state index in [4.69, 9.17) is 23.5 Å². The zero-order valence-corrected chi connectivity index (χ0v) is 23.0. The molecule has 5 unspecified atom stereocenters. The highest BCUT2D eigenvalue weighted by atomic mass is 32.2. The summed E-state index contributed by atoms with van der Waals surface area (Å²) < 4.78 is 81.3. The Morgan fingerprint density at radius 1 is 0.875 bits per heavy atom. The Kier molecular flexibility index (Phi) is 5.88. The minimum Gasteiger partial charge on any atom is -0.462 e. The predicted molar refractivity (Wildman–Crippen MR) is 130 cm³/mol. The fraction of sp³-hybridized carbons (Fsp3) is 0.926. The lowest BCUT2D eigenvalue weighted by molar-refractivity contribution is -0.308. The molecule has 8 aliphatic carbocycles. The fourth-order valence-electron chi connectivity index (χ4n) is 10.4. The summed E-state index contributed by atoms with van der Waals surface area (Å²) in [5.41, 5.74) is -2.43. The van der Waals surface area contributed by atoms with E-state index in [9.17, 15) is 31.9 Å². The summed E-state index contributed by atoms with van der Waals surface area (Å²) in [5.74, 6) is -1.60. The molecule has 9 rings (SSSR count). The molecule has 0 aromatic carbocycles. The van der Waals surface area contributed by atoms with Crippen LogP contribution in [0.5, 0.6) is 0 Å². The summed E-state index contributed by atoms with van der Waals surface area (Å²) >= 11 is 0. The van der Waals surface area contributed by atoms with E-state index in [0.29, 0.717) is 37.5 Å². The maximum absolute atomic E-state index is 13.7. The van der Waals surface area contributed by atoms with Crippen molar-refractivity contribution in [2.45, 2.75) is 93.4 Å². The summed E-state index contributed by atoms with van der Waals surface area (Å²) in [6.45, 7) is -1.47. The molecule has 1 spiro atoms. The fourth-order valence-corrected chi connectivity index (χ4v) is 10.6. The van der Waals surface area contributed by atoms with Crippen molar-refractivity contribution in [1.82, 2.24) is 0 Å². The molecule has 10 nitrogen and oxygen atoms in total. The number of carbonyl (C=O) groups excluding carboxylic acids is 2. The topological polar surface area (TPSA) is 146 Å². The smallest absolute Gasteiger partial charge is 0.402 e. The third-order valence-corrected chi connectivity index (χ3v) is 12.1. The summed E-state index contributed by atoms with van der Waals surface area (Å²) in [6.07, 6.45) is 6.64. The SMILES string of the molecule is O=C(OCC(F)(F)S(=O)(=O)O)C12CC3CC(C1)C1(OCC(COC(=O)C45CC6CC(CC(O)(C6)C4)C5)O1)C(C3)C2. The van der Waals surface area contributed by atoms with Crippen LogP contribution in [0.25, 0.3) is 0 Å². The normalized spacial score (nSPS) is 48.6. The van der Waals surface area contributed by atoms with E-state index in [1.165, 1.54) is 0 Å². The second-order valence-electron chi connectivity index (χ2n) is 14.1. The van der Waals surface area contributed by atoms with E-state index in [1.54, 1.807) is 0 Å². The summed E-state index contributed by atoms with van der Waals surface area (Å²) in [6, 6.07) is 0. The van der Waals surface area contributed by atoms with Crippen LogP contribution in [-0.2, 0) is 38.7 Å². The van der Waals surface area contributed by atoms with Crippen LogP contribution in [0, 0.1) is 40.4 Å². The number of hydrogen-bond acceptors (Lipinski definition) is 9. The second-order valence-corrected chi connectivity index (χ2v) is 15.7. The van der Waals surface area contributed by atoms with Crippen LogP contribution in [0.2, 0.25) is 0 Å². The third-order valence-electron chi connectivity index (χ3n) is 11.2. The van der Waals surface area contributed by atoms with Gasteiger partial charge in [-0.2, -0.15) is 17.2 Å². The first kappa shape index (κ1) is 27.4. The molecule has 8 bridgehead atoms. The zero-order chi connectivity index (χ0) is 28.3. The molecule has 224 valence electrons. The van der Waals surface area contributed by atoms with Crippen molar-refractivity contribution in [2.75, 3.05) is 19.8 Å². The molecule has 2 N–H and O–H groups in total. The molecule has 8 saturated carbocycles. The van der Waals surface area contributed by atoms with Gasteiger partial charge in [0.15, 0.2) is 12.4 Å². The molecule has 40 heavy (non-hydrogen) atoms. The molecule has 1 aliphatic heterocycles. The van der Waals surface area contributed by atoms with Gasteiger partial charge in [-0.1, -0.05) is 0 Å². The van der Waals surface area contributed by atoms with Gasteiger partial charge in [0.25, 0.3) is 0 Å². The number of halogens is 2. The van der Waals surface area contributed by atoms with Gasteiger partial charge in [-0.3, -0.25) is 14.1 Å². The molecule has 9 fully saturated rings. The van der Waals surface area contributed by atoms with Crippen molar-refractivity contribution in [3.8, 4) is 0 Å². The first-order valence-corrected chi connectivity index (χ1v) is 15.8. The molecular formula is C27H36F2O10S. The van der Waals surface area contributed by atoms with E-state index in [0.717, 1.165) is 44.9 Å². The van der Waals surface area contributed by atoms with Gasteiger partial charge in [0.1, 0.15) is 12.7 Å². The lowest BCUT2D eigenvalue weighted by Crippen LogP contribution is -2.64. The van der Waals surface area contributed by atoms with Gasteiger partial charge < -0.3 is 24.1 Å². The highest BCUT2D eigenvalue weighted by Gasteiger charge is 2.69. The van der Waals surface area contributed by atoms with Gasteiger partial charge >= 0.3 is 27.3 Å². The van der Waals surface area contributed by atoms with E-state index in [1.807, 2.05) is 0 Å². The predicted octanol–water partition coefficient (Wildman–Crippen LogP) is 2.82. The standard InChI is InChI=1S/C27H36F2O10S/c28-26(29,40(33,34)35)14-37-21(30)23-4-15-2-18(9-23)27(19(3-15)10-23)38-12-20(39-27)11-36-22(31)24-5-16-1-17(6-24)8-25(32,7-16)13-24/h15-20,32H,1-14H2,(H,33,34,35). The first-order chi connectivity index (χ1) is 18.7. The zero-order valence-electron chi connectivity index (χ0n) is 22.2. The highest BCUT2D eigenvalue weighted by molar-refractivity contribution is 7.86. The van der Waals surface area contributed by atoms with E-state index in [-0.39, 0.29) is 36.9 Å². The Labute approximate surface area is 231 Å². The summed E-state index contributed by atoms with van der Waals surface area (Å²) in [4.78, 5) is 26.3. The molecule has 5 atom stereocenters. The number of alkyl halides is 2. The molecule has 1 heterocycles. The monoisotopic (exact) mass is 590 g/mol. The molecule has 0 radical (unpaired) electrons. The van der Waals surface area contributed by atoms with Crippen LogP contribution in [0.1, 0.15) is 70.6 Å². The van der Waals surface area contributed by atoms with Crippen molar-refractivity contribution < 1.29 is 55.4 Å². The quantitative estimate of drug-likeness (QED) is 0.335. The van der Waals surface area contributed by atoms with Crippen molar-refractivity contribution in [3.63, 3.8) is 0 Å². The molecule has 9 aliphatic rings. The third kappa shape index (κ3) is 4.08. The van der Waals surface area contributed by atoms with Crippen LogP contribution >= 0.6 is 0 Å². The first-order valence-electron chi connectivity index (χ1n) is 14.4. The van der Waals surface area contributed by atoms with Gasteiger partial charge in [-0.05, 0) is 88.4 Å². The van der Waals surface area contributed by atoms with Gasteiger partial charge in [-0.25, -0.2) is 0 Å². The highest BCUT2D eigenvalue weighted by Crippen LogP contribution is 2.66. The lowest BCUT2D eigenvalue weighted by Gasteiger charge is -2.61. The van der Waals surface area contributed by atoms with Crippen LogP contribution in [0.4, 0.5) is 8.78 Å². The van der Waals surface area contributed by atoms with Crippen molar-refractivity contribution in [1.29, 1.82) is 0 Å². The Morgan fingerprint density at radius 2 is 1.48 bits per heavy atom. The Balaban J connectivity index is 0.989. The van der Waals surface area contributed by atoms with E-state index >= 15 is 0 Å². The lowest BCUT2D eigenvalue weighted by atomic mass is 9.47. The number of ether oxygens (including phenoxy) is 4. The largest absolute Gasteiger partial charge is 0.462 e. The maximum Gasteiger partial charge on any atom is 0.402 e. The number of esters is 2. The van der Waals surface area contributed by atoms with Crippen molar-refractivity contribution >= 4 is 22.1 Å². The van der Waals surface area contributed by atoms with Crippen LogP contribution < -0.4 is 0 Å². The molecule has 13 heteroatoms. The second kappa shape index (κ2) is 8.58. The van der Waals surface area contributed by atoms with Gasteiger partial charge in [0, 0.05) is 11.8 Å². The van der Waals surface area contributed by atoms with E-state index < -0.39 is 56.3 Å². The Bertz CT molecular complexity index is 1190. The minimum absolute atomic E-state index is 0.0386. The van der Waals surface area contributed by atoms with Crippen LogP contribution in [0.3, 0.4) is 0 Å². The molecule has 0 aromatic heterocycles. The number of hydrogen-bond donors (Lipinski definition) is 2. The van der Waals surface area contributed by atoms with E-state index in [2.05, 4.69) is 0 Å².